The Labute approximate surface area is 96.1 Å². The number of H-pyrrole nitrogens is 1. The maximum absolute atomic E-state index is 9.26. The molecule has 2 N–H and O–H groups in total. The number of aromatic hydroxyl groups is 1. The van der Waals surface area contributed by atoms with Crippen molar-refractivity contribution in [3.05, 3.63) is 28.0 Å². The van der Waals surface area contributed by atoms with E-state index in [9.17, 15) is 5.11 Å². The number of nitrogens with zero attached hydrogens (tertiary/aromatic N) is 2. The Bertz CT molecular complexity index is 561. The average molecular weight is 242 g/mol. The quantitative estimate of drug-likeness (QED) is 0.755. The van der Waals surface area contributed by atoms with Gasteiger partial charge in [0, 0.05) is 12.6 Å². The fraction of sp³-hybridized carbons (Fsp3) is 0.111. The molecule has 0 aliphatic heterocycles. The third-order valence-electron chi connectivity index (χ3n) is 1.99. The Kier molecular flexibility index (Phi) is 2.50. The summed E-state index contributed by atoms with van der Waals surface area (Å²) in [5.74, 6) is 0.680. The van der Waals surface area contributed by atoms with Crippen LogP contribution in [0.5, 0.6) is 5.75 Å². The minimum atomic E-state index is 0.0509. The summed E-state index contributed by atoms with van der Waals surface area (Å²) >= 11 is 10.8. The molecule has 0 spiro atoms. The molecule has 6 heteroatoms. The molecule has 1 aromatic carbocycles. The summed E-state index contributed by atoms with van der Waals surface area (Å²) in [6, 6.07) is 4.86. The van der Waals surface area contributed by atoms with Gasteiger partial charge in [-0.3, -0.25) is 9.78 Å². The smallest absolute Gasteiger partial charge is 0.216 e. The molecular weight excluding hydrogens is 234 g/mol. The van der Waals surface area contributed by atoms with Crippen molar-refractivity contribution >= 4 is 23.8 Å². The van der Waals surface area contributed by atoms with E-state index < -0.39 is 0 Å². The number of rotatable bonds is 1. The highest BCUT2D eigenvalue weighted by Gasteiger charge is 2.05. The lowest BCUT2D eigenvalue weighted by Gasteiger charge is -1.99. The van der Waals surface area contributed by atoms with Gasteiger partial charge in [0.2, 0.25) is 4.77 Å². The molecular formula is C9H8ClN3OS. The van der Waals surface area contributed by atoms with Crippen molar-refractivity contribution in [1.29, 1.82) is 0 Å². The van der Waals surface area contributed by atoms with Gasteiger partial charge in [0.25, 0.3) is 0 Å². The Hall–Kier alpha value is -1.33. The van der Waals surface area contributed by atoms with E-state index in [1.165, 1.54) is 6.07 Å². The molecule has 0 bridgehead atoms. The molecule has 1 aromatic heterocycles. The van der Waals surface area contributed by atoms with Crippen molar-refractivity contribution in [2.75, 3.05) is 0 Å². The van der Waals surface area contributed by atoms with Crippen LogP contribution in [0.15, 0.2) is 18.2 Å². The van der Waals surface area contributed by atoms with Gasteiger partial charge in [-0.2, -0.15) is 4.98 Å². The molecule has 1 heterocycles. The maximum Gasteiger partial charge on any atom is 0.216 e. The topological polar surface area (TPSA) is 53.8 Å². The minimum absolute atomic E-state index is 0.0509. The fourth-order valence-corrected chi connectivity index (χ4v) is 1.50. The van der Waals surface area contributed by atoms with Gasteiger partial charge in [0.15, 0.2) is 5.82 Å². The van der Waals surface area contributed by atoms with Crippen molar-refractivity contribution in [1.82, 2.24) is 14.8 Å². The van der Waals surface area contributed by atoms with E-state index >= 15 is 0 Å². The highest BCUT2D eigenvalue weighted by molar-refractivity contribution is 7.71. The predicted molar refractivity (Wildman–Crippen MR) is 60.5 cm³/mol. The molecule has 0 saturated heterocycles. The second-order valence-corrected chi connectivity index (χ2v) is 3.85. The number of nitrogens with one attached hydrogen (secondary N) is 1. The number of phenolic OH excluding ortho intramolecular Hbond substituents is 1. The summed E-state index contributed by atoms with van der Waals surface area (Å²) in [5.41, 5.74) is 0.782. The van der Waals surface area contributed by atoms with E-state index in [0.29, 0.717) is 10.6 Å². The van der Waals surface area contributed by atoms with Gasteiger partial charge >= 0.3 is 0 Å². The summed E-state index contributed by atoms with van der Waals surface area (Å²) in [6.07, 6.45) is 0. The number of phenols is 1. The Morgan fingerprint density at radius 3 is 2.80 bits per heavy atom. The summed E-state index contributed by atoms with van der Waals surface area (Å²) in [4.78, 5) is 4.13. The Balaban J connectivity index is 2.54. The van der Waals surface area contributed by atoms with Crippen LogP contribution in [0.1, 0.15) is 0 Å². The second-order valence-electron chi connectivity index (χ2n) is 3.08. The van der Waals surface area contributed by atoms with Crippen molar-refractivity contribution in [2.45, 2.75) is 0 Å². The van der Waals surface area contributed by atoms with Gasteiger partial charge in [-0.05, 0) is 30.4 Å². The number of aryl methyl sites for hydroxylation is 1. The monoisotopic (exact) mass is 241 g/mol. The summed E-state index contributed by atoms with van der Waals surface area (Å²) < 4.78 is 2.10. The van der Waals surface area contributed by atoms with Gasteiger partial charge in [0.1, 0.15) is 5.75 Å². The zero-order valence-corrected chi connectivity index (χ0v) is 9.43. The van der Waals surface area contributed by atoms with Crippen LogP contribution in [0, 0.1) is 4.77 Å². The van der Waals surface area contributed by atoms with E-state index in [2.05, 4.69) is 10.1 Å². The van der Waals surface area contributed by atoms with E-state index in [4.69, 9.17) is 23.8 Å². The van der Waals surface area contributed by atoms with Gasteiger partial charge in [-0.25, -0.2) is 0 Å². The fourth-order valence-electron chi connectivity index (χ4n) is 1.19. The zero-order chi connectivity index (χ0) is 11.0. The maximum atomic E-state index is 9.26. The van der Waals surface area contributed by atoms with Crippen LogP contribution in [0.3, 0.4) is 0 Å². The third kappa shape index (κ3) is 1.88. The van der Waals surface area contributed by atoms with E-state index in [1.54, 1.807) is 23.9 Å². The van der Waals surface area contributed by atoms with Crippen molar-refractivity contribution in [2.24, 2.45) is 7.05 Å². The van der Waals surface area contributed by atoms with Gasteiger partial charge in [-0.1, -0.05) is 11.6 Å². The Morgan fingerprint density at radius 2 is 2.27 bits per heavy atom. The standard InChI is InChI=1S/C9H8ClN3OS/c1-13-9(15)11-8(12-13)5-2-3-7(14)6(10)4-5/h2-4,14H,1H3,(H,11,12,15). The van der Waals surface area contributed by atoms with Crippen LogP contribution < -0.4 is 0 Å². The molecule has 0 aliphatic rings. The molecule has 2 aromatic rings. The van der Waals surface area contributed by atoms with Crippen LogP contribution in [-0.4, -0.2) is 19.9 Å². The normalized spacial score (nSPS) is 10.5. The third-order valence-corrected chi connectivity index (χ3v) is 2.66. The highest BCUT2D eigenvalue weighted by Crippen LogP contribution is 2.27. The minimum Gasteiger partial charge on any atom is -0.506 e. The molecule has 4 nitrogen and oxygen atoms in total. The number of halogens is 1. The first-order chi connectivity index (χ1) is 7.08. The number of aromatic amines is 1. The van der Waals surface area contributed by atoms with Gasteiger partial charge in [-0.15, -0.1) is 0 Å². The van der Waals surface area contributed by atoms with Crippen molar-refractivity contribution in [3.63, 3.8) is 0 Å². The van der Waals surface area contributed by atoms with E-state index in [0.717, 1.165) is 5.56 Å². The lowest BCUT2D eigenvalue weighted by atomic mass is 10.2. The average Bonchev–Trinajstić information content (AvgIpc) is 2.52. The molecule has 0 radical (unpaired) electrons. The number of hydrogen-bond donors (Lipinski definition) is 2. The highest BCUT2D eigenvalue weighted by atomic mass is 35.5. The van der Waals surface area contributed by atoms with Crippen LogP contribution in [0.2, 0.25) is 5.02 Å². The lowest BCUT2D eigenvalue weighted by molar-refractivity contribution is 0.475. The largest absolute Gasteiger partial charge is 0.506 e. The van der Waals surface area contributed by atoms with Gasteiger partial charge in [0.05, 0.1) is 5.02 Å². The summed E-state index contributed by atoms with van der Waals surface area (Å²) in [6.45, 7) is 0. The molecule has 2 rings (SSSR count). The van der Waals surface area contributed by atoms with Crippen molar-refractivity contribution < 1.29 is 5.11 Å². The van der Waals surface area contributed by atoms with Crippen LogP contribution in [0.25, 0.3) is 11.4 Å². The predicted octanol–water partition coefficient (Wildman–Crippen LogP) is 2.50. The summed E-state index contributed by atoms with van der Waals surface area (Å²) in [7, 11) is 1.78. The lowest BCUT2D eigenvalue weighted by Crippen LogP contribution is -1.89. The van der Waals surface area contributed by atoms with Crippen LogP contribution >= 0.6 is 23.8 Å². The molecule has 78 valence electrons. The molecule has 0 amide bonds. The first kappa shape index (κ1) is 10.2. The van der Waals surface area contributed by atoms with Crippen LogP contribution in [0.4, 0.5) is 0 Å². The Morgan fingerprint density at radius 1 is 1.53 bits per heavy atom. The first-order valence-corrected chi connectivity index (χ1v) is 4.98. The van der Waals surface area contributed by atoms with Crippen molar-refractivity contribution in [3.8, 4) is 17.1 Å². The summed E-state index contributed by atoms with van der Waals surface area (Å²) in [5, 5.41) is 12.5. The number of aromatic nitrogens is 3. The molecule has 15 heavy (non-hydrogen) atoms. The molecule has 0 saturated carbocycles. The molecule has 0 fully saturated rings. The first-order valence-electron chi connectivity index (χ1n) is 4.20. The van der Waals surface area contributed by atoms with Gasteiger partial charge < -0.3 is 5.11 Å². The number of hydrogen-bond acceptors (Lipinski definition) is 3. The van der Waals surface area contributed by atoms with E-state index in [-0.39, 0.29) is 10.8 Å². The SMILES string of the molecule is Cn1[nH]c(-c2ccc(O)c(Cl)c2)nc1=S. The molecule has 0 unspecified atom stereocenters. The number of benzene rings is 1. The second kappa shape index (κ2) is 3.67. The molecule has 0 atom stereocenters. The van der Waals surface area contributed by atoms with Crippen LogP contribution in [-0.2, 0) is 7.05 Å². The zero-order valence-electron chi connectivity index (χ0n) is 7.86. The molecule has 0 aliphatic carbocycles. The van der Waals surface area contributed by atoms with E-state index in [1.807, 2.05) is 0 Å².